The monoisotopic (exact) mass is 355 g/mol. The molecule has 0 amide bonds. The van der Waals surface area contributed by atoms with Gasteiger partial charge < -0.3 is 5.32 Å². The highest BCUT2D eigenvalue weighted by Crippen LogP contribution is 2.22. The van der Waals surface area contributed by atoms with Crippen molar-refractivity contribution >= 4 is 39.9 Å². The van der Waals surface area contributed by atoms with Gasteiger partial charge in [0.25, 0.3) is 0 Å². The van der Waals surface area contributed by atoms with Gasteiger partial charge in [-0.1, -0.05) is 60.3 Å². The maximum atomic E-state index is 5.70. The third-order valence-electron chi connectivity index (χ3n) is 3.73. The van der Waals surface area contributed by atoms with E-state index in [4.69, 9.17) is 17.2 Å². The summed E-state index contributed by atoms with van der Waals surface area (Å²) in [7, 11) is 0. The van der Waals surface area contributed by atoms with Crippen molar-refractivity contribution in [3.63, 3.8) is 0 Å². The molecule has 24 heavy (non-hydrogen) atoms. The van der Waals surface area contributed by atoms with Gasteiger partial charge in [-0.05, 0) is 42.8 Å². The first-order valence-electron chi connectivity index (χ1n) is 8.19. The van der Waals surface area contributed by atoms with Crippen molar-refractivity contribution in [1.82, 2.24) is 5.32 Å². The van der Waals surface area contributed by atoms with E-state index in [0.717, 1.165) is 29.6 Å². The van der Waals surface area contributed by atoms with Crippen LogP contribution in [0.5, 0.6) is 0 Å². The van der Waals surface area contributed by atoms with Crippen molar-refractivity contribution in [2.75, 3.05) is 17.2 Å². The predicted octanol–water partition coefficient (Wildman–Crippen LogP) is 4.45. The molecule has 0 saturated carbocycles. The van der Waals surface area contributed by atoms with Crippen molar-refractivity contribution < 1.29 is 0 Å². The quantitative estimate of drug-likeness (QED) is 0.823. The SMILES string of the molecule is S=C(NCc1ccccc1)N(C1=NCCCCS1)c1ccccc1. The van der Waals surface area contributed by atoms with E-state index in [-0.39, 0.29) is 0 Å². The number of thioether (sulfide) groups is 1. The third-order valence-corrected chi connectivity index (χ3v) is 5.12. The van der Waals surface area contributed by atoms with E-state index in [9.17, 15) is 0 Å². The van der Waals surface area contributed by atoms with Crippen LogP contribution in [0, 0.1) is 0 Å². The fourth-order valence-electron chi connectivity index (χ4n) is 2.48. The molecule has 0 radical (unpaired) electrons. The average molecular weight is 356 g/mol. The molecule has 124 valence electrons. The summed E-state index contributed by atoms with van der Waals surface area (Å²) in [6.07, 6.45) is 2.34. The van der Waals surface area contributed by atoms with E-state index in [0.29, 0.717) is 11.7 Å². The van der Waals surface area contributed by atoms with E-state index >= 15 is 0 Å². The Morgan fingerprint density at radius 2 is 1.75 bits per heavy atom. The number of hydrogen-bond donors (Lipinski definition) is 1. The predicted molar refractivity (Wildman–Crippen MR) is 109 cm³/mol. The molecule has 0 saturated heterocycles. The molecule has 1 heterocycles. The van der Waals surface area contributed by atoms with Crippen molar-refractivity contribution in [1.29, 1.82) is 0 Å². The molecule has 2 aromatic carbocycles. The zero-order valence-corrected chi connectivity index (χ0v) is 15.2. The molecular formula is C19H21N3S2. The molecule has 0 atom stereocenters. The Hall–Kier alpha value is -1.85. The summed E-state index contributed by atoms with van der Waals surface area (Å²) in [6, 6.07) is 20.5. The second kappa shape index (κ2) is 8.85. The molecule has 0 spiro atoms. The van der Waals surface area contributed by atoms with Crippen LogP contribution in [-0.4, -0.2) is 22.6 Å². The van der Waals surface area contributed by atoms with Gasteiger partial charge in [0.2, 0.25) is 0 Å². The van der Waals surface area contributed by atoms with Gasteiger partial charge in [-0.25, -0.2) is 0 Å². The Bertz CT molecular complexity index is 686. The number of nitrogens with zero attached hydrogens (tertiary/aromatic N) is 2. The zero-order chi connectivity index (χ0) is 16.6. The highest BCUT2D eigenvalue weighted by Gasteiger charge is 2.20. The fourth-order valence-corrected chi connectivity index (χ4v) is 3.84. The highest BCUT2D eigenvalue weighted by atomic mass is 32.2. The Balaban J connectivity index is 1.78. The van der Waals surface area contributed by atoms with Gasteiger partial charge in [0.15, 0.2) is 10.3 Å². The maximum absolute atomic E-state index is 5.70. The minimum atomic E-state index is 0.693. The van der Waals surface area contributed by atoms with E-state index in [1.165, 1.54) is 12.0 Å². The molecule has 1 N–H and O–H groups in total. The Morgan fingerprint density at radius 3 is 2.50 bits per heavy atom. The van der Waals surface area contributed by atoms with Crippen LogP contribution in [0.15, 0.2) is 65.7 Å². The number of hydrogen-bond acceptors (Lipinski definition) is 3. The number of amidine groups is 1. The minimum absolute atomic E-state index is 0.693. The highest BCUT2D eigenvalue weighted by molar-refractivity contribution is 8.14. The van der Waals surface area contributed by atoms with Crippen LogP contribution in [0.2, 0.25) is 0 Å². The standard InChI is InChI=1S/C19H21N3S2/c23-18(21-15-16-9-3-1-4-10-16)22(17-11-5-2-6-12-17)19-20-13-7-8-14-24-19/h1-6,9-12H,7-8,13-15H2,(H,21,23). The minimum Gasteiger partial charge on any atom is -0.358 e. The molecule has 1 aliphatic heterocycles. The zero-order valence-electron chi connectivity index (χ0n) is 13.5. The fraction of sp³-hybridized carbons (Fsp3) is 0.263. The number of nitrogens with one attached hydrogen (secondary N) is 1. The normalized spacial score (nSPS) is 14.4. The van der Waals surface area contributed by atoms with Gasteiger partial charge in [0.05, 0.1) is 5.69 Å². The molecule has 0 aliphatic carbocycles. The van der Waals surface area contributed by atoms with Crippen LogP contribution >= 0.6 is 24.0 Å². The van der Waals surface area contributed by atoms with E-state index in [2.05, 4.69) is 34.5 Å². The van der Waals surface area contributed by atoms with Crippen LogP contribution < -0.4 is 10.2 Å². The molecule has 0 aromatic heterocycles. The van der Waals surface area contributed by atoms with Gasteiger partial charge >= 0.3 is 0 Å². The Kier molecular flexibility index (Phi) is 6.26. The molecule has 3 rings (SSSR count). The van der Waals surface area contributed by atoms with E-state index in [1.807, 2.05) is 36.4 Å². The topological polar surface area (TPSA) is 27.6 Å². The summed E-state index contributed by atoms with van der Waals surface area (Å²) < 4.78 is 0. The van der Waals surface area contributed by atoms with Gasteiger partial charge in [-0.15, -0.1) is 0 Å². The molecule has 0 fully saturated rings. The van der Waals surface area contributed by atoms with E-state index in [1.54, 1.807) is 11.8 Å². The Labute approximate surface area is 153 Å². The summed E-state index contributed by atoms with van der Waals surface area (Å²) in [5, 5.41) is 5.06. The van der Waals surface area contributed by atoms with Crippen molar-refractivity contribution in [3.05, 3.63) is 66.2 Å². The number of rotatable bonds is 3. The summed E-state index contributed by atoms with van der Waals surface area (Å²) >= 11 is 7.49. The van der Waals surface area contributed by atoms with Crippen molar-refractivity contribution in [2.24, 2.45) is 4.99 Å². The lowest BCUT2D eigenvalue weighted by atomic mass is 10.2. The number of para-hydroxylation sites is 1. The first-order valence-corrected chi connectivity index (χ1v) is 9.58. The largest absolute Gasteiger partial charge is 0.358 e. The average Bonchev–Trinajstić information content (AvgIpc) is 2.91. The first-order chi connectivity index (χ1) is 11.8. The molecular weight excluding hydrogens is 334 g/mol. The molecule has 1 aliphatic rings. The lowest BCUT2D eigenvalue weighted by molar-refractivity contribution is 0.822. The lowest BCUT2D eigenvalue weighted by Crippen LogP contribution is -2.42. The van der Waals surface area contributed by atoms with Crippen molar-refractivity contribution in [2.45, 2.75) is 19.4 Å². The molecule has 3 nitrogen and oxygen atoms in total. The summed E-state index contributed by atoms with van der Waals surface area (Å²) in [5.41, 5.74) is 2.26. The lowest BCUT2D eigenvalue weighted by Gasteiger charge is -2.26. The second-order valence-electron chi connectivity index (χ2n) is 5.54. The van der Waals surface area contributed by atoms with Crippen molar-refractivity contribution in [3.8, 4) is 0 Å². The van der Waals surface area contributed by atoms with E-state index < -0.39 is 0 Å². The summed E-state index contributed by atoms with van der Waals surface area (Å²) in [6.45, 7) is 1.58. The van der Waals surface area contributed by atoms with Crippen LogP contribution in [0.25, 0.3) is 0 Å². The van der Waals surface area contributed by atoms with Crippen LogP contribution in [-0.2, 0) is 6.54 Å². The molecule has 2 aromatic rings. The molecule has 0 unspecified atom stereocenters. The number of aliphatic imine (C=N–C) groups is 1. The molecule has 0 bridgehead atoms. The van der Waals surface area contributed by atoms with Gasteiger partial charge in [-0.2, -0.15) is 0 Å². The van der Waals surface area contributed by atoms with Crippen LogP contribution in [0.1, 0.15) is 18.4 Å². The summed E-state index contributed by atoms with van der Waals surface area (Å²) in [5.74, 6) is 1.09. The maximum Gasteiger partial charge on any atom is 0.180 e. The first kappa shape index (κ1) is 17.0. The van der Waals surface area contributed by atoms with Gasteiger partial charge in [0, 0.05) is 18.8 Å². The number of benzene rings is 2. The van der Waals surface area contributed by atoms with Gasteiger partial charge in [-0.3, -0.25) is 9.89 Å². The van der Waals surface area contributed by atoms with Crippen LogP contribution in [0.3, 0.4) is 0 Å². The smallest absolute Gasteiger partial charge is 0.180 e. The molecule has 5 heteroatoms. The number of thiocarbonyl (C=S) groups is 1. The van der Waals surface area contributed by atoms with Crippen LogP contribution in [0.4, 0.5) is 5.69 Å². The number of anilines is 1. The summed E-state index contributed by atoms with van der Waals surface area (Å²) in [4.78, 5) is 6.82. The Morgan fingerprint density at radius 1 is 1.04 bits per heavy atom. The second-order valence-corrected chi connectivity index (χ2v) is 6.98. The third kappa shape index (κ3) is 4.58. The van der Waals surface area contributed by atoms with Gasteiger partial charge in [0.1, 0.15) is 0 Å².